The molecule has 1 aliphatic carbocycles. The van der Waals surface area contributed by atoms with Gasteiger partial charge in [0.25, 0.3) is 0 Å². The Morgan fingerprint density at radius 1 is 1.29 bits per heavy atom. The van der Waals surface area contributed by atoms with Gasteiger partial charge >= 0.3 is 10.4 Å². The molecular formula is C6H13O6S2-. The van der Waals surface area contributed by atoms with Crippen molar-refractivity contribution >= 4 is 21.5 Å². The molecule has 0 heterocycles. The monoisotopic (exact) mass is 245 g/mol. The zero-order valence-corrected chi connectivity index (χ0v) is 9.09. The maximum absolute atomic E-state index is 9.98. The van der Waals surface area contributed by atoms with E-state index in [0.29, 0.717) is 0 Å². The van der Waals surface area contributed by atoms with Gasteiger partial charge in [-0.1, -0.05) is 17.5 Å². The largest absolute Gasteiger partial charge is 0.772 e. The fraction of sp³-hybridized carbons (Fsp3) is 0.667. The normalized spacial score (nSPS) is 17.6. The molecule has 1 unspecified atom stereocenters. The van der Waals surface area contributed by atoms with E-state index in [0.717, 1.165) is 19.3 Å². The zero-order chi connectivity index (χ0) is 11.8. The predicted molar refractivity (Wildman–Crippen MR) is 52.0 cm³/mol. The van der Waals surface area contributed by atoms with E-state index in [2.05, 4.69) is 13.2 Å². The second-order valence-electron chi connectivity index (χ2n) is 2.26. The quantitative estimate of drug-likeness (QED) is 0.396. The van der Waals surface area contributed by atoms with Gasteiger partial charge in [0.05, 0.1) is 0 Å². The molecule has 0 aliphatic heterocycles. The Bertz CT molecular complexity index is 247. The summed E-state index contributed by atoms with van der Waals surface area (Å²) >= 11 is -1.77. The van der Waals surface area contributed by atoms with Crippen molar-refractivity contribution in [1.29, 1.82) is 0 Å². The van der Waals surface area contributed by atoms with E-state index in [-0.39, 0.29) is 5.25 Å². The van der Waals surface area contributed by atoms with Crippen LogP contribution in [-0.2, 0) is 21.5 Å². The first kappa shape index (κ1) is 16.2. The maximum Gasteiger partial charge on any atom is 0.394 e. The Morgan fingerprint density at radius 2 is 1.57 bits per heavy atom. The highest BCUT2D eigenvalue weighted by Gasteiger charge is 2.16. The fourth-order valence-electron chi connectivity index (χ4n) is 0.563. The molecule has 0 radical (unpaired) electrons. The van der Waals surface area contributed by atoms with Crippen LogP contribution in [0, 0.1) is 0 Å². The highest BCUT2D eigenvalue weighted by atomic mass is 32.3. The average molecular weight is 245 g/mol. The first-order valence-corrected chi connectivity index (χ1v) is 6.12. The summed E-state index contributed by atoms with van der Waals surface area (Å²) in [5.74, 6) is 0. The van der Waals surface area contributed by atoms with E-state index in [1.54, 1.807) is 0 Å². The molecule has 0 aromatic heterocycles. The van der Waals surface area contributed by atoms with Gasteiger partial charge in [-0.05, 0) is 12.8 Å². The van der Waals surface area contributed by atoms with Crippen LogP contribution in [-0.4, -0.2) is 31.5 Å². The first-order chi connectivity index (χ1) is 6.30. The van der Waals surface area contributed by atoms with Crippen LogP contribution < -0.4 is 0 Å². The van der Waals surface area contributed by atoms with Crippen LogP contribution in [0.3, 0.4) is 0 Å². The van der Waals surface area contributed by atoms with E-state index in [1.807, 2.05) is 0 Å². The summed E-state index contributed by atoms with van der Waals surface area (Å²) in [6, 6.07) is 0. The van der Waals surface area contributed by atoms with Crippen molar-refractivity contribution in [1.82, 2.24) is 0 Å². The maximum atomic E-state index is 9.98. The minimum atomic E-state index is -4.67. The van der Waals surface area contributed by atoms with Crippen molar-refractivity contribution in [3.8, 4) is 0 Å². The van der Waals surface area contributed by atoms with Gasteiger partial charge in [0, 0.05) is 5.25 Å². The van der Waals surface area contributed by atoms with Crippen LogP contribution in [0.4, 0.5) is 0 Å². The Balaban J connectivity index is 0. The van der Waals surface area contributed by atoms with E-state index >= 15 is 0 Å². The number of hydrogen-bond donors (Lipinski definition) is 2. The molecule has 1 saturated carbocycles. The molecule has 0 saturated heterocycles. The molecule has 14 heavy (non-hydrogen) atoms. The Kier molecular flexibility index (Phi) is 9.31. The zero-order valence-electron chi connectivity index (χ0n) is 7.46. The van der Waals surface area contributed by atoms with Gasteiger partial charge in [0.15, 0.2) is 0 Å². The second-order valence-corrected chi connectivity index (χ2v) is 4.34. The van der Waals surface area contributed by atoms with Crippen molar-refractivity contribution in [2.24, 2.45) is 0 Å². The van der Waals surface area contributed by atoms with E-state index in [1.165, 1.54) is 0 Å². The van der Waals surface area contributed by atoms with Gasteiger partial charge in [-0.3, -0.25) is 13.3 Å². The minimum absolute atomic E-state index is 0.000000000000000222. The summed E-state index contributed by atoms with van der Waals surface area (Å²) in [4.78, 5) is 0. The predicted octanol–water partition coefficient (Wildman–Crippen LogP) is 0.567. The fourth-order valence-corrected chi connectivity index (χ4v) is 1.28. The van der Waals surface area contributed by atoms with Crippen LogP contribution in [0.25, 0.3) is 0 Å². The molecule has 6 nitrogen and oxygen atoms in total. The lowest BCUT2D eigenvalue weighted by Crippen LogP contribution is -2.22. The van der Waals surface area contributed by atoms with Gasteiger partial charge in [0.1, 0.15) is 0 Å². The van der Waals surface area contributed by atoms with E-state index in [9.17, 15) is 8.76 Å². The smallest absolute Gasteiger partial charge is 0.394 e. The third-order valence-corrected chi connectivity index (χ3v) is 2.34. The number of hydrogen-bond acceptors (Lipinski definition) is 4. The summed E-state index contributed by atoms with van der Waals surface area (Å²) in [5.41, 5.74) is 0. The first-order valence-electron chi connectivity index (χ1n) is 3.58. The van der Waals surface area contributed by atoms with Crippen LogP contribution in [0.15, 0.2) is 13.2 Å². The highest BCUT2D eigenvalue weighted by Crippen LogP contribution is 2.22. The topological polar surface area (TPSA) is 115 Å². The molecule has 1 fully saturated rings. The summed E-state index contributed by atoms with van der Waals surface area (Å²) in [6.45, 7) is 6.00. The van der Waals surface area contributed by atoms with Gasteiger partial charge in [-0.25, -0.2) is 0 Å². The van der Waals surface area contributed by atoms with Crippen molar-refractivity contribution < 1.29 is 26.3 Å². The third kappa shape index (κ3) is 14.3. The van der Waals surface area contributed by atoms with Crippen LogP contribution in [0.5, 0.6) is 0 Å². The standard InChI is InChI=1S/C4H8O2S.C2H4.H2O4S/c5-7(6)4-2-1-3-4;1-2;1-5(2,3)4/h4H,1-3H2,(H,5,6);1-2H2;(H2,1,2,3,4)/p-1. The van der Waals surface area contributed by atoms with E-state index < -0.39 is 21.5 Å². The Labute approximate surface area is 85.9 Å². The van der Waals surface area contributed by atoms with Crippen LogP contribution >= 0.6 is 0 Å². The van der Waals surface area contributed by atoms with Crippen LogP contribution in [0.1, 0.15) is 19.3 Å². The molecule has 1 rings (SSSR count). The molecule has 8 heteroatoms. The lowest BCUT2D eigenvalue weighted by atomic mass is 10.0. The Morgan fingerprint density at radius 3 is 1.57 bits per heavy atom. The van der Waals surface area contributed by atoms with Crippen LogP contribution in [0.2, 0.25) is 0 Å². The van der Waals surface area contributed by atoms with Gasteiger partial charge in [-0.15, -0.1) is 13.2 Å². The van der Waals surface area contributed by atoms with Gasteiger partial charge in [0.2, 0.25) is 0 Å². The lowest BCUT2D eigenvalue weighted by Gasteiger charge is -2.26. The molecule has 1 atom stereocenters. The molecule has 0 aromatic carbocycles. The lowest BCUT2D eigenvalue weighted by molar-refractivity contribution is 0.381. The highest BCUT2D eigenvalue weighted by molar-refractivity contribution is 7.80. The second kappa shape index (κ2) is 8.06. The van der Waals surface area contributed by atoms with Crippen molar-refractivity contribution in [3.63, 3.8) is 0 Å². The number of rotatable bonds is 1. The molecular weight excluding hydrogens is 232 g/mol. The molecule has 86 valence electrons. The summed E-state index contributed by atoms with van der Waals surface area (Å²) in [6.07, 6.45) is 2.87. The van der Waals surface area contributed by atoms with Gasteiger partial charge in [-0.2, -0.15) is 8.42 Å². The average Bonchev–Trinajstić information content (AvgIpc) is 1.82. The van der Waals surface area contributed by atoms with Crippen molar-refractivity contribution in [2.45, 2.75) is 24.5 Å². The SMILES string of the molecule is C=C.O=S(=O)(O)O.O=S([O-])C1CCC1. The van der Waals surface area contributed by atoms with Crippen molar-refractivity contribution in [3.05, 3.63) is 13.2 Å². The van der Waals surface area contributed by atoms with E-state index in [4.69, 9.17) is 17.5 Å². The minimum Gasteiger partial charge on any atom is -0.772 e. The molecule has 0 amide bonds. The summed E-state index contributed by atoms with van der Waals surface area (Å²) < 4.78 is 51.5. The summed E-state index contributed by atoms with van der Waals surface area (Å²) in [5, 5.41) is -0.000000000000000222. The molecule has 0 bridgehead atoms. The molecule has 0 spiro atoms. The third-order valence-electron chi connectivity index (χ3n) is 1.32. The summed E-state index contributed by atoms with van der Waals surface area (Å²) in [7, 11) is -4.67. The van der Waals surface area contributed by atoms with Gasteiger partial charge < -0.3 is 4.55 Å². The molecule has 1 aliphatic rings. The Hall–Kier alpha value is -0.280. The molecule has 2 N–H and O–H groups in total. The van der Waals surface area contributed by atoms with Crippen molar-refractivity contribution in [2.75, 3.05) is 0 Å². The molecule has 0 aromatic rings.